The summed E-state index contributed by atoms with van der Waals surface area (Å²) in [5.41, 5.74) is 5.94. The number of halogens is 1. The Balaban J connectivity index is 2.24. The first-order valence-corrected chi connectivity index (χ1v) is 6.35. The summed E-state index contributed by atoms with van der Waals surface area (Å²) < 4.78 is 13.8. The number of benzene rings is 1. The van der Waals surface area contributed by atoms with E-state index in [0.717, 1.165) is 12.8 Å². The summed E-state index contributed by atoms with van der Waals surface area (Å²) in [5, 5.41) is 0. The van der Waals surface area contributed by atoms with E-state index in [2.05, 4.69) is 6.92 Å². The lowest BCUT2D eigenvalue weighted by molar-refractivity contribution is 0.0569. The summed E-state index contributed by atoms with van der Waals surface area (Å²) in [6, 6.07) is 4.41. The number of likely N-dealkylation sites (tertiary alicyclic amines) is 1. The van der Waals surface area contributed by atoms with Crippen molar-refractivity contribution in [2.75, 3.05) is 12.3 Å². The minimum Gasteiger partial charge on any atom is -0.399 e. The van der Waals surface area contributed by atoms with Crippen LogP contribution >= 0.6 is 0 Å². The summed E-state index contributed by atoms with van der Waals surface area (Å²) in [6.45, 7) is 4.83. The van der Waals surface area contributed by atoms with Crippen molar-refractivity contribution < 1.29 is 9.18 Å². The summed E-state index contributed by atoms with van der Waals surface area (Å²) >= 11 is 0. The molecule has 0 saturated carbocycles. The molecule has 4 heteroatoms. The van der Waals surface area contributed by atoms with E-state index in [4.69, 9.17) is 5.73 Å². The van der Waals surface area contributed by atoms with Crippen molar-refractivity contribution in [3.05, 3.63) is 29.6 Å². The number of hydrogen-bond acceptors (Lipinski definition) is 2. The molecule has 0 spiro atoms. The number of anilines is 1. The maximum atomic E-state index is 13.8. The highest BCUT2D eigenvalue weighted by Crippen LogP contribution is 2.24. The molecular weight excluding hydrogens is 231 g/mol. The first-order valence-electron chi connectivity index (χ1n) is 6.35. The SMILES string of the molecule is CC1CCC(C)N(C(=O)c2ccc(N)cc2F)C1. The minimum atomic E-state index is -0.537. The van der Waals surface area contributed by atoms with E-state index in [1.807, 2.05) is 6.92 Å². The largest absolute Gasteiger partial charge is 0.399 e. The number of nitrogen functional groups attached to an aromatic ring is 1. The fourth-order valence-corrected chi connectivity index (χ4v) is 2.43. The highest BCUT2D eigenvalue weighted by atomic mass is 19.1. The molecule has 2 rings (SSSR count). The zero-order valence-electron chi connectivity index (χ0n) is 10.8. The van der Waals surface area contributed by atoms with Crippen LogP contribution in [0.3, 0.4) is 0 Å². The third-order valence-electron chi connectivity index (χ3n) is 3.60. The second-order valence-electron chi connectivity index (χ2n) is 5.23. The Morgan fingerprint density at radius 1 is 1.39 bits per heavy atom. The smallest absolute Gasteiger partial charge is 0.257 e. The second kappa shape index (κ2) is 4.96. The first kappa shape index (κ1) is 12.9. The third-order valence-corrected chi connectivity index (χ3v) is 3.60. The molecule has 1 fully saturated rings. The number of nitrogens with two attached hydrogens (primary N) is 1. The average Bonchev–Trinajstić information content (AvgIpc) is 2.31. The normalized spacial score (nSPS) is 24.1. The highest BCUT2D eigenvalue weighted by molar-refractivity contribution is 5.95. The summed E-state index contributed by atoms with van der Waals surface area (Å²) in [6.07, 6.45) is 2.10. The number of piperidine rings is 1. The molecule has 1 heterocycles. The molecule has 2 N–H and O–H groups in total. The Bertz CT molecular complexity index is 461. The molecular formula is C14H19FN2O. The van der Waals surface area contributed by atoms with Crippen molar-refractivity contribution in [1.82, 2.24) is 4.90 Å². The lowest BCUT2D eigenvalue weighted by Gasteiger charge is -2.36. The fraction of sp³-hybridized carbons (Fsp3) is 0.500. The van der Waals surface area contributed by atoms with Crippen LogP contribution in [-0.4, -0.2) is 23.4 Å². The van der Waals surface area contributed by atoms with Gasteiger partial charge < -0.3 is 10.6 Å². The maximum Gasteiger partial charge on any atom is 0.257 e. The van der Waals surface area contributed by atoms with Gasteiger partial charge in [-0.05, 0) is 43.9 Å². The van der Waals surface area contributed by atoms with Crippen LogP contribution in [0.25, 0.3) is 0 Å². The molecule has 1 aromatic rings. The van der Waals surface area contributed by atoms with E-state index in [9.17, 15) is 9.18 Å². The van der Waals surface area contributed by atoms with Gasteiger partial charge in [-0.25, -0.2) is 4.39 Å². The number of nitrogens with zero attached hydrogens (tertiary/aromatic N) is 1. The maximum absolute atomic E-state index is 13.8. The van der Waals surface area contributed by atoms with Crippen molar-refractivity contribution in [1.29, 1.82) is 0 Å². The van der Waals surface area contributed by atoms with Gasteiger partial charge in [-0.15, -0.1) is 0 Å². The minimum absolute atomic E-state index is 0.116. The quantitative estimate of drug-likeness (QED) is 0.779. The van der Waals surface area contributed by atoms with Crippen LogP contribution in [0.1, 0.15) is 37.0 Å². The van der Waals surface area contributed by atoms with E-state index >= 15 is 0 Å². The Morgan fingerprint density at radius 2 is 2.11 bits per heavy atom. The molecule has 0 bridgehead atoms. The molecule has 1 aliphatic heterocycles. The van der Waals surface area contributed by atoms with Crippen LogP contribution in [0, 0.1) is 11.7 Å². The summed E-state index contributed by atoms with van der Waals surface area (Å²) in [7, 11) is 0. The van der Waals surface area contributed by atoms with Gasteiger partial charge in [-0.2, -0.15) is 0 Å². The van der Waals surface area contributed by atoms with Crippen LogP contribution in [0.5, 0.6) is 0 Å². The van der Waals surface area contributed by atoms with Gasteiger partial charge in [0.05, 0.1) is 5.56 Å². The number of rotatable bonds is 1. The zero-order valence-corrected chi connectivity index (χ0v) is 10.8. The number of carbonyl (C=O) groups excluding carboxylic acids is 1. The molecule has 2 unspecified atom stereocenters. The summed E-state index contributed by atoms with van der Waals surface area (Å²) in [4.78, 5) is 14.1. The molecule has 3 nitrogen and oxygen atoms in total. The van der Waals surface area contributed by atoms with Gasteiger partial charge in [0.15, 0.2) is 0 Å². The lowest BCUT2D eigenvalue weighted by Crippen LogP contribution is -2.45. The van der Waals surface area contributed by atoms with Crippen molar-refractivity contribution in [2.24, 2.45) is 5.92 Å². The molecule has 1 aliphatic rings. The van der Waals surface area contributed by atoms with Crippen LogP contribution in [0.4, 0.5) is 10.1 Å². The third kappa shape index (κ3) is 2.47. The van der Waals surface area contributed by atoms with Gasteiger partial charge in [0.1, 0.15) is 5.82 Å². The lowest BCUT2D eigenvalue weighted by atomic mass is 9.94. The fourth-order valence-electron chi connectivity index (χ4n) is 2.43. The standard InChI is InChI=1S/C14H19FN2O/c1-9-3-4-10(2)17(8-9)14(18)12-6-5-11(16)7-13(12)15/h5-7,9-10H,3-4,8,16H2,1-2H3. The van der Waals surface area contributed by atoms with Gasteiger partial charge >= 0.3 is 0 Å². The number of hydrogen-bond donors (Lipinski definition) is 1. The van der Waals surface area contributed by atoms with Crippen LogP contribution in [0.2, 0.25) is 0 Å². The molecule has 1 aromatic carbocycles. The van der Waals surface area contributed by atoms with E-state index < -0.39 is 5.82 Å². The summed E-state index contributed by atoms with van der Waals surface area (Å²) in [5.74, 6) is -0.293. The van der Waals surface area contributed by atoms with Crippen molar-refractivity contribution in [3.63, 3.8) is 0 Å². The second-order valence-corrected chi connectivity index (χ2v) is 5.23. The van der Waals surface area contributed by atoms with Crippen molar-refractivity contribution in [3.8, 4) is 0 Å². The molecule has 1 saturated heterocycles. The van der Waals surface area contributed by atoms with Crippen molar-refractivity contribution >= 4 is 11.6 Å². The van der Waals surface area contributed by atoms with Gasteiger partial charge in [0.25, 0.3) is 5.91 Å². The predicted molar refractivity (Wildman–Crippen MR) is 69.7 cm³/mol. The van der Waals surface area contributed by atoms with Crippen LogP contribution in [-0.2, 0) is 0 Å². The van der Waals surface area contributed by atoms with Gasteiger partial charge in [0, 0.05) is 18.3 Å². The molecule has 0 aliphatic carbocycles. The number of amides is 1. The molecule has 0 radical (unpaired) electrons. The molecule has 0 aromatic heterocycles. The Labute approximate surface area is 107 Å². The Hall–Kier alpha value is -1.58. The van der Waals surface area contributed by atoms with E-state index in [-0.39, 0.29) is 17.5 Å². The predicted octanol–water partition coefficient (Wildman–Crippen LogP) is 2.67. The Morgan fingerprint density at radius 3 is 2.78 bits per heavy atom. The van der Waals surface area contributed by atoms with E-state index in [1.165, 1.54) is 12.1 Å². The molecule has 98 valence electrons. The van der Waals surface area contributed by atoms with Crippen LogP contribution < -0.4 is 5.73 Å². The molecule has 18 heavy (non-hydrogen) atoms. The first-order chi connectivity index (χ1) is 8.49. The average molecular weight is 250 g/mol. The van der Waals surface area contributed by atoms with E-state index in [0.29, 0.717) is 18.2 Å². The highest BCUT2D eigenvalue weighted by Gasteiger charge is 2.28. The van der Waals surface area contributed by atoms with Gasteiger partial charge in [0.2, 0.25) is 0 Å². The zero-order chi connectivity index (χ0) is 13.3. The monoisotopic (exact) mass is 250 g/mol. The van der Waals surface area contributed by atoms with Crippen molar-refractivity contribution in [2.45, 2.75) is 32.7 Å². The van der Waals surface area contributed by atoms with Gasteiger partial charge in [-0.1, -0.05) is 6.92 Å². The van der Waals surface area contributed by atoms with Gasteiger partial charge in [-0.3, -0.25) is 4.79 Å². The topological polar surface area (TPSA) is 46.3 Å². The molecule has 1 amide bonds. The number of carbonyl (C=O) groups is 1. The molecule has 2 atom stereocenters. The Kier molecular flexibility index (Phi) is 3.55. The van der Waals surface area contributed by atoms with E-state index in [1.54, 1.807) is 11.0 Å². The van der Waals surface area contributed by atoms with Crippen LogP contribution in [0.15, 0.2) is 18.2 Å².